The second-order valence-corrected chi connectivity index (χ2v) is 20.7. The fourth-order valence-corrected chi connectivity index (χ4v) is 8.72. The SMILES string of the molecule is O=[N+]([O-])c1ccc(C2OCCOCCOCCOC(c3ccc([N+](=O)[O-])cc3)OCCOCCOCCOC(c3ccc([N+](=O)[O-])cc3)OCCOCCOCCOC(c3ccc([N+](=O)[O-])cc3)OCCOCCOCCOC(c3ccc([N+](=O)[O-])cc3)OCCOCCOCCO2)cc1. The third-order valence-electron chi connectivity index (χ3n) is 13.7. The van der Waals surface area contributed by atoms with Crippen LogP contribution < -0.4 is 0 Å². The van der Waals surface area contributed by atoms with Gasteiger partial charge in [0, 0.05) is 88.5 Å². The number of ether oxygens (including phenoxy) is 20. The molecule has 550 valence electrons. The first-order valence-electron chi connectivity index (χ1n) is 32.0. The highest BCUT2D eigenvalue weighted by molar-refractivity contribution is 5.36. The van der Waals surface area contributed by atoms with E-state index in [4.69, 9.17) is 94.7 Å². The van der Waals surface area contributed by atoms with Crippen molar-refractivity contribution in [2.75, 3.05) is 198 Å². The van der Waals surface area contributed by atoms with Crippen LogP contribution in [0.3, 0.4) is 0 Å². The van der Waals surface area contributed by atoms with E-state index >= 15 is 0 Å². The van der Waals surface area contributed by atoms with Gasteiger partial charge in [0.1, 0.15) is 0 Å². The van der Waals surface area contributed by atoms with E-state index < -0.39 is 56.1 Å². The molecule has 100 heavy (non-hydrogen) atoms. The van der Waals surface area contributed by atoms with E-state index in [1.54, 1.807) is 0 Å². The predicted octanol–water partition coefficient (Wildman–Crippen LogP) is 8.37. The number of nitro benzene ring substituents is 5. The number of hydrogen-bond acceptors (Lipinski definition) is 30. The van der Waals surface area contributed by atoms with Crippen molar-refractivity contribution < 1.29 is 119 Å². The molecular weight excluding hydrogens is 1330 g/mol. The summed E-state index contributed by atoms with van der Waals surface area (Å²) < 4.78 is 117. The molecule has 0 amide bonds. The Kier molecular flexibility index (Phi) is 40.4. The van der Waals surface area contributed by atoms with Crippen LogP contribution in [0.2, 0.25) is 0 Å². The molecule has 0 aliphatic carbocycles. The zero-order valence-corrected chi connectivity index (χ0v) is 55.1. The average Bonchev–Trinajstić information content (AvgIpc) is 0.957. The summed E-state index contributed by atoms with van der Waals surface area (Å²) in [6, 6.07) is 28.7. The van der Waals surface area contributed by atoms with Crippen molar-refractivity contribution in [2.45, 2.75) is 31.5 Å². The van der Waals surface area contributed by atoms with Crippen LogP contribution in [0.15, 0.2) is 121 Å². The summed E-state index contributed by atoms with van der Waals surface area (Å²) in [7, 11) is 0. The Morgan fingerprint density at radius 2 is 0.280 bits per heavy atom. The predicted molar refractivity (Wildman–Crippen MR) is 347 cm³/mol. The Bertz CT molecular complexity index is 2520. The highest BCUT2D eigenvalue weighted by Crippen LogP contribution is 2.27. The largest absolute Gasteiger partial charge is 0.377 e. The van der Waals surface area contributed by atoms with Gasteiger partial charge in [-0.3, -0.25) is 50.6 Å². The lowest BCUT2D eigenvalue weighted by Gasteiger charge is -2.20. The van der Waals surface area contributed by atoms with Gasteiger partial charge in [0.25, 0.3) is 28.4 Å². The number of non-ortho nitro benzene ring substituents is 5. The van der Waals surface area contributed by atoms with Gasteiger partial charge in [-0.1, -0.05) is 0 Å². The maximum atomic E-state index is 11.3. The van der Waals surface area contributed by atoms with Gasteiger partial charge in [-0.2, -0.15) is 0 Å². The van der Waals surface area contributed by atoms with Gasteiger partial charge in [0.2, 0.25) is 0 Å². The van der Waals surface area contributed by atoms with E-state index in [1.165, 1.54) is 121 Å². The van der Waals surface area contributed by atoms with Crippen molar-refractivity contribution in [3.63, 3.8) is 0 Å². The molecule has 1 aliphatic rings. The summed E-state index contributed by atoms with van der Waals surface area (Å²) in [4.78, 5) is 54.2. The van der Waals surface area contributed by atoms with Gasteiger partial charge in [0.05, 0.1) is 223 Å². The van der Waals surface area contributed by atoms with Crippen LogP contribution in [0.4, 0.5) is 28.4 Å². The number of nitrogens with zero attached hydrogens (tertiary/aromatic N) is 5. The highest BCUT2D eigenvalue weighted by atomic mass is 16.7. The maximum Gasteiger partial charge on any atom is 0.269 e. The molecule has 5 aromatic carbocycles. The van der Waals surface area contributed by atoms with E-state index in [0.717, 1.165) is 0 Å². The van der Waals surface area contributed by atoms with Crippen molar-refractivity contribution in [3.8, 4) is 0 Å². The summed E-state index contributed by atoms with van der Waals surface area (Å²) in [5.41, 5.74) is 2.10. The Balaban J connectivity index is 0.995. The fraction of sp³-hybridized carbons (Fsp3) is 0.538. The van der Waals surface area contributed by atoms with Crippen molar-refractivity contribution in [1.82, 2.24) is 0 Å². The number of hydrogen-bond donors (Lipinski definition) is 0. The standard InChI is InChI=1S/C65H85N5O30/c71-66(72)56-11-1-51(2-12-56)61-91-41-31-81-21-23-83-33-43-93-62(52-3-13-57(14-4-52)67(73)74)95-45-35-85-25-27-87-37-47-97-64(54-7-17-59(18-8-54)69(77)78)99-49-39-89-29-30-90-40-50-100-65(55-9-19-60(20-10-55)70(79)80)98-48-38-88-28-26-86-36-46-96-63(53-5-15-58(16-6-53)68(75)76)94-44-34-84-24-22-82-32-42-92-61/h1-20,61-65H,21-50H2. The molecule has 0 atom stereocenters. The second kappa shape index (κ2) is 49.8. The molecule has 0 aromatic heterocycles. The van der Waals surface area contributed by atoms with Crippen LogP contribution in [0, 0.1) is 50.6 Å². The normalized spacial score (nSPS) is 21.9. The lowest BCUT2D eigenvalue weighted by atomic mass is 10.2. The molecule has 0 saturated carbocycles. The highest BCUT2D eigenvalue weighted by Gasteiger charge is 2.21. The molecular formula is C65H85N5O30. The van der Waals surface area contributed by atoms with Crippen molar-refractivity contribution >= 4 is 28.4 Å². The third-order valence-corrected chi connectivity index (χ3v) is 13.7. The quantitative estimate of drug-likeness (QED) is 0.0935. The first-order chi connectivity index (χ1) is 48.9. The van der Waals surface area contributed by atoms with E-state index in [0.29, 0.717) is 27.8 Å². The topological polar surface area (TPSA) is 400 Å². The average molecular weight is 1420 g/mol. The molecule has 0 bridgehead atoms. The Hall–Kier alpha value is -7.70. The van der Waals surface area contributed by atoms with Gasteiger partial charge in [-0.15, -0.1) is 0 Å². The molecule has 5 aromatic rings. The van der Waals surface area contributed by atoms with Gasteiger partial charge in [0.15, 0.2) is 31.5 Å². The molecule has 0 N–H and O–H groups in total. The molecule has 0 radical (unpaired) electrons. The molecule has 6 rings (SSSR count). The third kappa shape index (κ3) is 33.2. The Labute approximate surface area is 575 Å². The van der Waals surface area contributed by atoms with Gasteiger partial charge in [-0.25, -0.2) is 0 Å². The molecule has 35 nitrogen and oxygen atoms in total. The summed E-state index contributed by atoms with van der Waals surface area (Å²) in [5, 5.41) is 56.7. The molecule has 0 spiro atoms. The fourth-order valence-electron chi connectivity index (χ4n) is 8.72. The minimum Gasteiger partial charge on any atom is -0.377 e. The summed E-state index contributed by atoms with van der Waals surface area (Å²) >= 11 is 0. The molecule has 1 fully saturated rings. The van der Waals surface area contributed by atoms with Crippen LogP contribution in [0.25, 0.3) is 0 Å². The van der Waals surface area contributed by atoms with Crippen LogP contribution in [0.1, 0.15) is 59.3 Å². The van der Waals surface area contributed by atoms with Gasteiger partial charge >= 0.3 is 0 Å². The Morgan fingerprint density at radius 1 is 0.180 bits per heavy atom. The van der Waals surface area contributed by atoms with E-state index in [-0.39, 0.29) is 227 Å². The maximum absolute atomic E-state index is 11.3. The van der Waals surface area contributed by atoms with E-state index in [2.05, 4.69) is 0 Å². The molecule has 35 heteroatoms. The number of nitro groups is 5. The van der Waals surface area contributed by atoms with E-state index in [9.17, 15) is 50.6 Å². The van der Waals surface area contributed by atoms with Crippen molar-refractivity contribution in [2.24, 2.45) is 0 Å². The summed E-state index contributed by atoms with van der Waals surface area (Å²) in [6.45, 7) is 4.39. The van der Waals surface area contributed by atoms with Gasteiger partial charge in [-0.05, 0) is 60.7 Å². The zero-order chi connectivity index (χ0) is 71.0. The van der Waals surface area contributed by atoms with Crippen LogP contribution in [0.5, 0.6) is 0 Å². The minimum atomic E-state index is -0.917. The van der Waals surface area contributed by atoms with Crippen molar-refractivity contribution in [1.29, 1.82) is 0 Å². The monoisotopic (exact) mass is 1420 g/mol. The lowest BCUT2D eigenvalue weighted by Crippen LogP contribution is -2.19. The van der Waals surface area contributed by atoms with Crippen LogP contribution >= 0.6 is 0 Å². The molecule has 1 aliphatic heterocycles. The van der Waals surface area contributed by atoms with Gasteiger partial charge < -0.3 is 94.7 Å². The number of rotatable bonds is 10. The van der Waals surface area contributed by atoms with Crippen LogP contribution in [-0.4, -0.2) is 223 Å². The first kappa shape index (κ1) is 81.3. The molecule has 0 unspecified atom stereocenters. The van der Waals surface area contributed by atoms with Crippen LogP contribution in [-0.2, 0) is 94.7 Å². The molecule has 1 saturated heterocycles. The summed E-state index contributed by atoms with van der Waals surface area (Å²) in [5.74, 6) is 0. The van der Waals surface area contributed by atoms with Crippen molar-refractivity contribution in [3.05, 3.63) is 200 Å². The smallest absolute Gasteiger partial charge is 0.269 e. The lowest BCUT2D eigenvalue weighted by molar-refractivity contribution is -0.385. The first-order valence-corrected chi connectivity index (χ1v) is 32.0. The second-order valence-electron chi connectivity index (χ2n) is 20.7. The summed E-state index contributed by atoms with van der Waals surface area (Å²) in [6.07, 6.45) is -4.59. The molecule has 1 heterocycles. The minimum absolute atomic E-state index is 0.0888. The Morgan fingerprint density at radius 3 is 0.380 bits per heavy atom. The van der Waals surface area contributed by atoms with E-state index in [1.807, 2.05) is 0 Å². The zero-order valence-electron chi connectivity index (χ0n) is 55.1. The number of benzene rings is 5.